The van der Waals surface area contributed by atoms with E-state index in [1.54, 1.807) is 45.0 Å². The van der Waals surface area contributed by atoms with Crippen molar-refractivity contribution in [2.45, 2.75) is 165 Å². The van der Waals surface area contributed by atoms with Crippen LogP contribution in [0, 0.1) is 18.8 Å². The van der Waals surface area contributed by atoms with Gasteiger partial charge in [0.25, 0.3) is 10.0 Å². The number of nitrogens with one attached hydrogen (secondary N) is 3. The fraction of sp³-hybridized carbons (Fsp3) is 0.596. The van der Waals surface area contributed by atoms with E-state index < -0.39 is 75.3 Å². The molecule has 1 saturated heterocycles. The number of amides is 4. The molecule has 0 radical (unpaired) electrons. The highest BCUT2D eigenvalue weighted by atomic mass is 32.2. The number of rotatable bonds is 18. The van der Waals surface area contributed by atoms with Gasteiger partial charge in [0.05, 0.1) is 22.7 Å². The van der Waals surface area contributed by atoms with E-state index in [0.29, 0.717) is 32.2 Å². The van der Waals surface area contributed by atoms with Gasteiger partial charge in [-0.05, 0) is 89.8 Å². The zero-order chi connectivity index (χ0) is 46.1. The third-order valence-electron chi connectivity index (χ3n) is 11.9. The number of aliphatic hydroxyl groups is 2. The van der Waals surface area contributed by atoms with E-state index in [9.17, 15) is 37.8 Å². The SMILES string of the molecule is Cc1ccc(S(=O)(=O)n2cnc(C[C@](C)(NC(=O)[C@H](Cc3ccccc3)NC(=O)[C@@H]3CCCN3C(=O)OC(C)(C)C)C(=O)N[C@@H](CC3CCCCC3)[C@@H](O)[C@@H](O)CC(C)C)c2)cc1. The van der Waals surface area contributed by atoms with Gasteiger partial charge in [0.15, 0.2) is 0 Å². The predicted octanol–water partition coefficient (Wildman–Crippen LogP) is 5.20. The molecule has 5 rings (SSSR count). The molecule has 4 amide bonds. The van der Waals surface area contributed by atoms with Gasteiger partial charge in [-0.3, -0.25) is 19.3 Å². The summed E-state index contributed by atoms with van der Waals surface area (Å²) in [4.78, 5) is 62.6. The molecule has 2 aliphatic rings. The Labute approximate surface area is 372 Å². The summed E-state index contributed by atoms with van der Waals surface area (Å²) in [7, 11) is -4.07. The lowest BCUT2D eigenvalue weighted by atomic mass is 9.82. The fourth-order valence-corrected chi connectivity index (χ4v) is 9.65. The average molecular weight is 893 g/mol. The Hall–Kier alpha value is -4.80. The summed E-state index contributed by atoms with van der Waals surface area (Å²) in [6.07, 6.45) is 5.64. The average Bonchev–Trinajstić information content (AvgIpc) is 3.91. The Morgan fingerprint density at radius 2 is 1.57 bits per heavy atom. The van der Waals surface area contributed by atoms with E-state index in [1.165, 1.54) is 30.2 Å². The molecule has 15 nitrogen and oxygen atoms in total. The molecular weight excluding hydrogens is 825 g/mol. The lowest BCUT2D eigenvalue weighted by Gasteiger charge is -2.37. The second kappa shape index (κ2) is 21.3. The summed E-state index contributed by atoms with van der Waals surface area (Å²) in [5.41, 5.74) is -0.871. The number of carbonyl (C=O) groups excluding carboxylic acids is 4. The minimum absolute atomic E-state index is 0.0309. The highest BCUT2D eigenvalue weighted by molar-refractivity contribution is 7.90. The van der Waals surface area contributed by atoms with Crippen LogP contribution in [0.25, 0.3) is 0 Å². The maximum atomic E-state index is 14.9. The maximum Gasteiger partial charge on any atom is 0.410 e. The molecule has 6 atom stereocenters. The first-order chi connectivity index (χ1) is 29.6. The van der Waals surface area contributed by atoms with Gasteiger partial charge in [-0.15, -0.1) is 0 Å². The summed E-state index contributed by atoms with van der Waals surface area (Å²) in [5.74, 6) is -1.72. The van der Waals surface area contributed by atoms with Crippen molar-refractivity contribution in [2.75, 3.05) is 6.54 Å². The van der Waals surface area contributed by atoms with Crippen LogP contribution in [-0.2, 0) is 42.0 Å². The second-order valence-electron chi connectivity index (χ2n) is 19.1. The highest BCUT2D eigenvalue weighted by Crippen LogP contribution is 2.30. The molecule has 346 valence electrons. The van der Waals surface area contributed by atoms with Crippen LogP contribution in [0.4, 0.5) is 4.79 Å². The van der Waals surface area contributed by atoms with E-state index in [-0.39, 0.29) is 35.3 Å². The Morgan fingerprint density at radius 3 is 2.21 bits per heavy atom. The number of imidazole rings is 1. The van der Waals surface area contributed by atoms with E-state index in [1.807, 2.05) is 39.0 Å². The first kappa shape index (κ1) is 49.2. The lowest BCUT2D eigenvalue weighted by Crippen LogP contribution is -2.65. The number of aryl methyl sites for hydroxylation is 1. The summed E-state index contributed by atoms with van der Waals surface area (Å²) >= 11 is 0. The number of aliphatic hydroxyl groups excluding tert-OH is 2. The van der Waals surface area contributed by atoms with Gasteiger partial charge in [0, 0.05) is 25.6 Å². The molecule has 0 bridgehead atoms. The largest absolute Gasteiger partial charge is 0.444 e. The van der Waals surface area contributed by atoms with Gasteiger partial charge in [-0.1, -0.05) is 94.0 Å². The van der Waals surface area contributed by atoms with Crippen molar-refractivity contribution in [3.8, 4) is 0 Å². The molecule has 5 N–H and O–H groups in total. The van der Waals surface area contributed by atoms with E-state index in [0.717, 1.165) is 53.5 Å². The van der Waals surface area contributed by atoms with Crippen molar-refractivity contribution in [3.63, 3.8) is 0 Å². The molecule has 16 heteroatoms. The van der Waals surface area contributed by atoms with Gasteiger partial charge in [0.2, 0.25) is 17.7 Å². The summed E-state index contributed by atoms with van der Waals surface area (Å²) in [6, 6.07) is 12.4. The predicted molar refractivity (Wildman–Crippen MR) is 239 cm³/mol. The van der Waals surface area contributed by atoms with Crippen molar-refractivity contribution in [1.29, 1.82) is 0 Å². The quantitative estimate of drug-likeness (QED) is 0.113. The normalized spacial score (nSPS) is 19.1. The van der Waals surface area contributed by atoms with Crippen molar-refractivity contribution in [2.24, 2.45) is 11.8 Å². The molecule has 2 fully saturated rings. The van der Waals surface area contributed by atoms with Crippen LogP contribution >= 0.6 is 0 Å². The minimum atomic E-state index is -4.07. The number of likely N-dealkylation sites (tertiary alicyclic amines) is 1. The molecule has 1 aliphatic carbocycles. The first-order valence-electron chi connectivity index (χ1n) is 22.3. The van der Waals surface area contributed by atoms with E-state index >= 15 is 0 Å². The highest BCUT2D eigenvalue weighted by Gasteiger charge is 2.43. The Kier molecular flexibility index (Phi) is 16.6. The van der Waals surface area contributed by atoms with E-state index in [4.69, 9.17) is 4.74 Å². The molecular formula is C47H68N6O9S. The molecule has 0 unspecified atom stereocenters. The fourth-order valence-electron chi connectivity index (χ4n) is 8.49. The number of ether oxygens (including phenoxy) is 1. The smallest absolute Gasteiger partial charge is 0.410 e. The van der Waals surface area contributed by atoms with Gasteiger partial charge < -0.3 is 30.9 Å². The van der Waals surface area contributed by atoms with Crippen molar-refractivity contribution < 1.29 is 42.5 Å². The van der Waals surface area contributed by atoms with Crippen LogP contribution in [0.1, 0.15) is 116 Å². The van der Waals surface area contributed by atoms with Gasteiger partial charge in [0.1, 0.15) is 35.7 Å². The molecule has 1 aliphatic heterocycles. The molecule has 2 heterocycles. The van der Waals surface area contributed by atoms with Crippen LogP contribution in [-0.4, -0.2) is 104 Å². The minimum Gasteiger partial charge on any atom is -0.444 e. The third-order valence-corrected chi connectivity index (χ3v) is 13.5. The zero-order valence-corrected chi connectivity index (χ0v) is 38.7. The third kappa shape index (κ3) is 13.6. The number of carbonyl (C=O) groups is 4. The maximum absolute atomic E-state index is 14.9. The molecule has 2 aromatic carbocycles. The van der Waals surface area contributed by atoms with Gasteiger partial charge in [-0.25, -0.2) is 22.2 Å². The summed E-state index contributed by atoms with van der Waals surface area (Å²) in [5, 5.41) is 31.5. The number of benzene rings is 2. The summed E-state index contributed by atoms with van der Waals surface area (Å²) in [6.45, 7) is 12.7. The topological polar surface area (TPSA) is 209 Å². The number of nitrogens with zero attached hydrogens (tertiary/aromatic N) is 3. The number of aromatic nitrogens is 2. The van der Waals surface area contributed by atoms with Gasteiger partial charge in [-0.2, -0.15) is 0 Å². The van der Waals surface area contributed by atoms with Crippen molar-refractivity contribution in [1.82, 2.24) is 29.8 Å². The van der Waals surface area contributed by atoms with Crippen LogP contribution in [0.5, 0.6) is 0 Å². The molecule has 0 spiro atoms. The Bertz CT molecular complexity index is 2120. The molecule has 1 saturated carbocycles. The summed E-state index contributed by atoms with van der Waals surface area (Å²) < 4.78 is 33.8. The Morgan fingerprint density at radius 1 is 0.905 bits per heavy atom. The van der Waals surface area contributed by atoms with Gasteiger partial charge >= 0.3 is 6.09 Å². The van der Waals surface area contributed by atoms with Crippen LogP contribution in [0.3, 0.4) is 0 Å². The standard InChI is InChI=1S/C47H68N6O9S/c1-31(2)25-40(54)41(55)37(26-33-15-10-8-11-16-33)50-44(58)47(7,28-35-29-52(30-48-35)63(60,61)36-22-20-32(3)21-23-36)51-42(56)38(27-34-17-12-9-13-18-34)49-43(57)39-19-14-24-53(39)45(59)62-46(4,5)6/h9,12-13,17-18,20-23,29-31,33,37-41,54-55H,8,10-11,14-16,19,24-28H2,1-7H3,(H,49,57)(H,50,58)(H,51,56)/t37-,38-,39-,40-,41+,47-/m0/s1. The second-order valence-corrected chi connectivity index (χ2v) is 20.9. The molecule has 3 aromatic rings. The van der Waals surface area contributed by atoms with E-state index in [2.05, 4.69) is 20.9 Å². The van der Waals surface area contributed by atoms with Crippen LogP contribution in [0.15, 0.2) is 72.0 Å². The first-order valence-corrected chi connectivity index (χ1v) is 23.8. The van der Waals surface area contributed by atoms with Crippen molar-refractivity contribution in [3.05, 3.63) is 83.9 Å². The lowest BCUT2D eigenvalue weighted by molar-refractivity contribution is -0.137. The van der Waals surface area contributed by atoms with Crippen LogP contribution < -0.4 is 16.0 Å². The zero-order valence-electron chi connectivity index (χ0n) is 37.9. The number of hydrogen-bond donors (Lipinski definition) is 5. The molecule has 63 heavy (non-hydrogen) atoms. The van der Waals surface area contributed by atoms with Crippen molar-refractivity contribution >= 4 is 33.8 Å². The van der Waals surface area contributed by atoms with Crippen LogP contribution in [0.2, 0.25) is 0 Å². The monoisotopic (exact) mass is 892 g/mol. The number of hydrogen-bond acceptors (Lipinski definition) is 10. The molecule has 1 aromatic heterocycles. The Balaban J connectivity index is 1.49.